The lowest BCUT2D eigenvalue weighted by atomic mass is 9.81. The highest BCUT2D eigenvalue weighted by molar-refractivity contribution is 5.98. The van der Waals surface area contributed by atoms with Gasteiger partial charge in [-0.05, 0) is 61.8 Å². The largest absolute Gasteiger partial charge is 0.358 e. The molecule has 3 heteroatoms. The Balaban J connectivity index is 1.64. The average Bonchev–Trinajstić information content (AvgIpc) is 2.72. The highest BCUT2D eigenvalue weighted by atomic mass is 16.1. The Morgan fingerprint density at radius 3 is 2.55 bits per heavy atom. The molecule has 1 fully saturated rings. The third kappa shape index (κ3) is 4.79. The number of carbonyl (C=O) groups excluding carboxylic acids is 1. The van der Waals surface area contributed by atoms with Gasteiger partial charge >= 0.3 is 0 Å². The maximum atomic E-state index is 13.3. The maximum absolute atomic E-state index is 13.3. The summed E-state index contributed by atoms with van der Waals surface area (Å²) in [6.07, 6.45) is 4.04. The molecule has 0 amide bonds. The van der Waals surface area contributed by atoms with Crippen LogP contribution in [-0.4, -0.2) is 30.3 Å². The number of nitrogens with zero attached hydrogens (tertiary/aromatic N) is 1. The highest BCUT2D eigenvalue weighted by Gasteiger charge is 2.30. The smallest absolute Gasteiger partial charge is 0.162 e. The Morgan fingerprint density at radius 2 is 1.79 bits per heavy atom. The van der Waals surface area contributed by atoms with Crippen molar-refractivity contribution >= 4 is 11.5 Å². The van der Waals surface area contributed by atoms with Crippen LogP contribution in [0.5, 0.6) is 0 Å². The number of para-hydroxylation sites is 1. The number of likely N-dealkylation sites (tertiary alicyclic amines) is 1. The van der Waals surface area contributed by atoms with Crippen LogP contribution in [0.25, 0.3) is 0 Å². The van der Waals surface area contributed by atoms with Crippen molar-refractivity contribution in [2.45, 2.75) is 45.4 Å². The van der Waals surface area contributed by atoms with E-state index < -0.39 is 0 Å². The lowest BCUT2D eigenvalue weighted by Crippen LogP contribution is -2.38. The molecule has 1 heterocycles. The van der Waals surface area contributed by atoms with Crippen LogP contribution < -0.4 is 5.32 Å². The van der Waals surface area contributed by atoms with Gasteiger partial charge in [0, 0.05) is 36.5 Å². The molecule has 29 heavy (non-hydrogen) atoms. The van der Waals surface area contributed by atoms with E-state index in [1.54, 1.807) is 0 Å². The molecule has 4 rings (SSSR count). The number of aryl methyl sites for hydroxylation is 1. The summed E-state index contributed by atoms with van der Waals surface area (Å²) in [5.74, 6) is 1.27. The molecule has 2 atom stereocenters. The maximum Gasteiger partial charge on any atom is 0.162 e. The number of Topliss-reactive ketones (excluding diaryl/α,β-unsaturated/α-hetero) is 1. The van der Waals surface area contributed by atoms with Crippen LogP contribution in [0.2, 0.25) is 0 Å². The molecule has 0 bridgehead atoms. The van der Waals surface area contributed by atoms with Gasteiger partial charge in [-0.3, -0.25) is 9.69 Å². The van der Waals surface area contributed by atoms with Crippen molar-refractivity contribution < 1.29 is 4.79 Å². The van der Waals surface area contributed by atoms with Gasteiger partial charge in [0.15, 0.2) is 5.78 Å². The van der Waals surface area contributed by atoms with E-state index in [-0.39, 0.29) is 5.92 Å². The summed E-state index contributed by atoms with van der Waals surface area (Å²) in [4.78, 5) is 15.8. The summed E-state index contributed by atoms with van der Waals surface area (Å²) >= 11 is 0. The quantitative estimate of drug-likeness (QED) is 0.730. The van der Waals surface area contributed by atoms with Crippen LogP contribution in [-0.2, 0) is 4.79 Å². The number of hydrogen-bond donors (Lipinski definition) is 1. The number of piperidine rings is 1. The van der Waals surface area contributed by atoms with Gasteiger partial charge in [-0.15, -0.1) is 0 Å². The first-order chi connectivity index (χ1) is 14.1. The molecule has 1 aliphatic carbocycles. The molecular formula is C26H32N2O. The second kappa shape index (κ2) is 8.96. The number of nitrogens with one attached hydrogen (secondary N) is 1. The van der Waals surface area contributed by atoms with Crippen molar-refractivity contribution in [2.24, 2.45) is 5.92 Å². The second-order valence-corrected chi connectivity index (χ2v) is 8.82. The predicted molar refractivity (Wildman–Crippen MR) is 120 cm³/mol. The van der Waals surface area contributed by atoms with E-state index in [1.165, 1.54) is 24.0 Å². The van der Waals surface area contributed by atoms with Gasteiger partial charge in [0.05, 0.1) is 0 Å². The molecule has 2 aromatic rings. The van der Waals surface area contributed by atoms with Crippen LogP contribution in [0.15, 0.2) is 65.9 Å². The number of rotatable bonds is 5. The van der Waals surface area contributed by atoms with E-state index in [2.05, 4.69) is 72.6 Å². The molecule has 0 spiro atoms. The van der Waals surface area contributed by atoms with Crippen molar-refractivity contribution in [2.75, 3.05) is 25.0 Å². The van der Waals surface area contributed by atoms with Crippen LogP contribution in [0.3, 0.4) is 0 Å². The number of hydrogen-bond acceptors (Lipinski definition) is 3. The minimum absolute atomic E-state index is 0.249. The Labute approximate surface area is 174 Å². The fourth-order valence-electron chi connectivity index (χ4n) is 4.76. The van der Waals surface area contributed by atoms with Crippen LogP contribution in [0.4, 0.5) is 5.69 Å². The summed E-state index contributed by atoms with van der Waals surface area (Å²) in [7, 11) is 0. The van der Waals surface area contributed by atoms with E-state index in [1.807, 2.05) is 6.07 Å². The SMILES string of the molecule is Cc1ccccc1NC1=C(CN2CCCC(C)C2)C(=O)CC(c2ccccc2)C1. The van der Waals surface area contributed by atoms with Gasteiger partial charge in [-0.1, -0.05) is 55.5 Å². The van der Waals surface area contributed by atoms with E-state index >= 15 is 0 Å². The zero-order valence-corrected chi connectivity index (χ0v) is 17.7. The van der Waals surface area contributed by atoms with Crippen molar-refractivity contribution in [3.63, 3.8) is 0 Å². The molecule has 152 valence electrons. The normalized spacial score (nSPS) is 23.3. The first-order valence-electron chi connectivity index (χ1n) is 11.0. The third-order valence-electron chi connectivity index (χ3n) is 6.41. The number of benzene rings is 2. The monoisotopic (exact) mass is 388 g/mol. The number of anilines is 1. The molecule has 0 saturated carbocycles. The zero-order chi connectivity index (χ0) is 20.2. The van der Waals surface area contributed by atoms with Gasteiger partial charge in [0.25, 0.3) is 0 Å². The van der Waals surface area contributed by atoms with Crippen LogP contribution in [0.1, 0.15) is 49.7 Å². The van der Waals surface area contributed by atoms with Gasteiger partial charge < -0.3 is 5.32 Å². The average molecular weight is 389 g/mol. The van der Waals surface area contributed by atoms with E-state index in [9.17, 15) is 4.79 Å². The van der Waals surface area contributed by atoms with E-state index in [0.717, 1.165) is 43.0 Å². The van der Waals surface area contributed by atoms with E-state index in [0.29, 0.717) is 18.1 Å². The third-order valence-corrected chi connectivity index (χ3v) is 6.41. The second-order valence-electron chi connectivity index (χ2n) is 8.82. The predicted octanol–water partition coefficient (Wildman–Crippen LogP) is 5.54. The van der Waals surface area contributed by atoms with Crippen LogP contribution in [0, 0.1) is 12.8 Å². The van der Waals surface area contributed by atoms with Gasteiger partial charge in [-0.2, -0.15) is 0 Å². The summed E-state index contributed by atoms with van der Waals surface area (Å²) in [5, 5.41) is 3.66. The molecule has 0 aromatic heterocycles. The molecule has 1 saturated heterocycles. The van der Waals surface area contributed by atoms with Gasteiger partial charge in [0.2, 0.25) is 0 Å². The number of carbonyl (C=O) groups is 1. The Morgan fingerprint density at radius 1 is 1.03 bits per heavy atom. The fraction of sp³-hybridized carbons (Fsp3) is 0.423. The lowest BCUT2D eigenvalue weighted by molar-refractivity contribution is -0.116. The number of ketones is 1. The summed E-state index contributed by atoms with van der Waals surface area (Å²) in [6, 6.07) is 18.8. The molecule has 2 aromatic carbocycles. The van der Waals surface area contributed by atoms with Crippen molar-refractivity contribution in [1.29, 1.82) is 0 Å². The highest BCUT2D eigenvalue weighted by Crippen LogP contribution is 2.36. The molecular weight excluding hydrogens is 356 g/mol. The topological polar surface area (TPSA) is 32.3 Å². The van der Waals surface area contributed by atoms with Crippen molar-refractivity contribution in [3.05, 3.63) is 77.0 Å². The minimum Gasteiger partial charge on any atom is -0.358 e. The molecule has 1 aliphatic heterocycles. The van der Waals surface area contributed by atoms with E-state index in [4.69, 9.17) is 0 Å². The van der Waals surface area contributed by atoms with Crippen molar-refractivity contribution in [1.82, 2.24) is 4.90 Å². The molecule has 1 N–H and O–H groups in total. The Bertz CT molecular complexity index is 887. The Hall–Kier alpha value is -2.39. The summed E-state index contributed by atoms with van der Waals surface area (Å²) in [6.45, 7) is 7.41. The minimum atomic E-state index is 0.249. The first-order valence-corrected chi connectivity index (χ1v) is 11.0. The summed E-state index contributed by atoms with van der Waals surface area (Å²) in [5.41, 5.74) is 5.68. The number of allylic oxidation sites excluding steroid dienone is 1. The van der Waals surface area contributed by atoms with Gasteiger partial charge in [-0.25, -0.2) is 0 Å². The standard InChI is InChI=1S/C26H32N2O/c1-19-9-8-14-28(17-19)18-23-25(27-24-13-7-6-10-20(24)2)15-22(16-26(23)29)21-11-4-3-5-12-21/h3-7,10-13,19,22,27H,8-9,14-18H2,1-2H3. The summed E-state index contributed by atoms with van der Waals surface area (Å²) < 4.78 is 0. The molecule has 2 aliphatic rings. The lowest BCUT2D eigenvalue weighted by Gasteiger charge is -2.34. The Kier molecular flexibility index (Phi) is 6.15. The molecule has 3 nitrogen and oxygen atoms in total. The zero-order valence-electron chi connectivity index (χ0n) is 17.7. The van der Waals surface area contributed by atoms with Crippen LogP contribution >= 0.6 is 0 Å². The fourth-order valence-corrected chi connectivity index (χ4v) is 4.76. The van der Waals surface area contributed by atoms with Gasteiger partial charge in [0.1, 0.15) is 0 Å². The first kappa shape index (κ1) is 19.9. The molecule has 2 unspecified atom stereocenters. The molecule has 0 radical (unpaired) electrons. The van der Waals surface area contributed by atoms with Crippen molar-refractivity contribution in [3.8, 4) is 0 Å².